The molecule has 3 N–H and O–H groups in total. The van der Waals surface area contributed by atoms with Crippen molar-refractivity contribution >= 4 is 27.4 Å². The maximum atomic E-state index is 11.3. The monoisotopic (exact) mass is 295 g/mol. The number of azo groups is 2. The molecule has 10 heteroatoms. The maximum absolute atomic E-state index is 11.3. The molecule has 1 aromatic carbocycles. The Morgan fingerprint density at radius 1 is 1.25 bits per heavy atom. The third-order valence-electron chi connectivity index (χ3n) is 2.35. The van der Waals surface area contributed by atoms with Gasteiger partial charge < -0.3 is 5.73 Å². The van der Waals surface area contributed by atoms with Gasteiger partial charge in [-0.1, -0.05) is 0 Å². The zero-order valence-corrected chi connectivity index (χ0v) is 11.0. The minimum absolute atomic E-state index is 0.103. The molecule has 0 saturated heterocycles. The Kier molecular flexibility index (Phi) is 3.42. The summed E-state index contributed by atoms with van der Waals surface area (Å²) in [7, 11) is -4.48. The molecule has 0 fully saturated rings. The van der Waals surface area contributed by atoms with Gasteiger partial charge in [0.2, 0.25) is 0 Å². The fourth-order valence-corrected chi connectivity index (χ4v) is 2.02. The van der Waals surface area contributed by atoms with E-state index in [-0.39, 0.29) is 22.8 Å². The topological polar surface area (TPSA) is 147 Å². The molecule has 0 spiro atoms. The van der Waals surface area contributed by atoms with Crippen LogP contribution in [0.2, 0.25) is 0 Å². The molecule has 0 saturated carbocycles. The number of anilines is 1. The zero-order chi connectivity index (χ0) is 14.9. The van der Waals surface area contributed by atoms with Gasteiger partial charge >= 0.3 is 5.91 Å². The Labute approximate surface area is 113 Å². The van der Waals surface area contributed by atoms with Crippen molar-refractivity contribution in [2.45, 2.75) is 11.8 Å². The molecule has 0 bridgehead atoms. The van der Waals surface area contributed by atoms with Crippen molar-refractivity contribution < 1.29 is 17.8 Å². The molecule has 1 aromatic rings. The van der Waals surface area contributed by atoms with Gasteiger partial charge in [-0.05, 0) is 25.1 Å². The zero-order valence-electron chi connectivity index (χ0n) is 10.2. The van der Waals surface area contributed by atoms with Crippen molar-refractivity contribution in [3.05, 3.63) is 29.6 Å². The molecule has 0 atom stereocenters. The number of hydrogen-bond donors (Lipinski definition) is 2. The number of allylic oxidation sites excluding steroid dienone is 1. The number of benzene rings is 1. The summed E-state index contributed by atoms with van der Waals surface area (Å²) < 4.78 is 31.4. The van der Waals surface area contributed by atoms with Crippen LogP contribution in [0.5, 0.6) is 0 Å². The molecular weight excluding hydrogens is 286 g/mol. The van der Waals surface area contributed by atoms with E-state index in [1.54, 1.807) is 0 Å². The fraction of sp³-hybridized carbons (Fsp3) is 0.100. The number of nitrogens with two attached hydrogens (primary N) is 1. The van der Waals surface area contributed by atoms with E-state index in [9.17, 15) is 13.2 Å². The van der Waals surface area contributed by atoms with E-state index in [1.807, 2.05) is 0 Å². The van der Waals surface area contributed by atoms with Crippen LogP contribution < -0.4 is 5.73 Å². The molecule has 2 rings (SSSR count). The van der Waals surface area contributed by atoms with Crippen LogP contribution in [0, 0.1) is 0 Å². The Balaban J connectivity index is 2.47. The summed E-state index contributed by atoms with van der Waals surface area (Å²) in [5.41, 5.74) is 5.71. The van der Waals surface area contributed by atoms with Crippen molar-refractivity contribution in [2.24, 2.45) is 20.5 Å². The highest BCUT2D eigenvalue weighted by Crippen LogP contribution is 2.28. The summed E-state index contributed by atoms with van der Waals surface area (Å²) in [5, 5.41) is 14.0. The maximum Gasteiger partial charge on any atom is 0.317 e. The number of carbonyl (C=O) groups is 1. The van der Waals surface area contributed by atoms with Gasteiger partial charge in [-0.15, -0.1) is 20.5 Å². The number of nitrogen functional groups attached to an aromatic ring is 1. The van der Waals surface area contributed by atoms with E-state index in [0.717, 1.165) is 6.07 Å². The average Bonchev–Trinajstić information content (AvgIpc) is 2.65. The van der Waals surface area contributed by atoms with Crippen LogP contribution in [0.3, 0.4) is 0 Å². The van der Waals surface area contributed by atoms with E-state index in [0.29, 0.717) is 0 Å². The Hall–Kier alpha value is -2.46. The highest BCUT2D eigenvalue weighted by atomic mass is 32.2. The quantitative estimate of drug-likeness (QED) is 0.495. The fourth-order valence-electron chi connectivity index (χ4n) is 1.42. The largest absolute Gasteiger partial charge is 0.399 e. The third kappa shape index (κ3) is 2.75. The summed E-state index contributed by atoms with van der Waals surface area (Å²) in [6, 6.07) is 3.58. The van der Waals surface area contributed by atoms with Gasteiger partial charge in [0.15, 0.2) is 5.70 Å². The lowest BCUT2D eigenvalue weighted by Crippen LogP contribution is -1.99. The van der Waals surface area contributed by atoms with Gasteiger partial charge in [-0.25, -0.2) is 0 Å². The van der Waals surface area contributed by atoms with Crippen LogP contribution in [-0.2, 0) is 14.9 Å². The first-order chi connectivity index (χ1) is 9.29. The SMILES string of the molecule is CC1=C(N=Nc2cc(N)ccc2S(=O)(=O)O)C(=O)N=N1. The summed E-state index contributed by atoms with van der Waals surface area (Å²) in [6.45, 7) is 1.51. The second-order valence-corrected chi connectivity index (χ2v) is 5.23. The second-order valence-electron chi connectivity index (χ2n) is 3.84. The van der Waals surface area contributed by atoms with Crippen molar-refractivity contribution in [1.82, 2.24) is 0 Å². The lowest BCUT2D eigenvalue weighted by Gasteiger charge is -2.02. The van der Waals surface area contributed by atoms with Crippen LogP contribution in [0.4, 0.5) is 11.4 Å². The van der Waals surface area contributed by atoms with Crippen LogP contribution in [0.25, 0.3) is 0 Å². The molecule has 0 aliphatic carbocycles. The van der Waals surface area contributed by atoms with E-state index >= 15 is 0 Å². The number of hydrogen-bond acceptors (Lipinski definition) is 7. The van der Waals surface area contributed by atoms with Crippen molar-refractivity contribution in [1.29, 1.82) is 0 Å². The summed E-state index contributed by atoms with van der Waals surface area (Å²) in [6.07, 6.45) is 0. The number of amides is 1. The van der Waals surface area contributed by atoms with Gasteiger partial charge in [-0.3, -0.25) is 9.35 Å². The molecule has 0 unspecified atom stereocenters. The van der Waals surface area contributed by atoms with E-state index in [1.165, 1.54) is 19.1 Å². The summed E-state index contributed by atoms with van der Waals surface area (Å²) in [5.74, 6) is -0.677. The van der Waals surface area contributed by atoms with Crippen molar-refractivity contribution in [3.63, 3.8) is 0 Å². The van der Waals surface area contributed by atoms with Gasteiger partial charge in [0.1, 0.15) is 10.6 Å². The van der Waals surface area contributed by atoms with E-state index < -0.39 is 20.9 Å². The van der Waals surface area contributed by atoms with Gasteiger partial charge in [0.05, 0.1) is 5.70 Å². The molecule has 9 nitrogen and oxygen atoms in total. The lowest BCUT2D eigenvalue weighted by molar-refractivity contribution is -0.114. The van der Waals surface area contributed by atoms with Crippen molar-refractivity contribution in [3.8, 4) is 0 Å². The Morgan fingerprint density at radius 2 is 1.95 bits per heavy atom. The van der Waals surface area contributed by atoms with Crippen LogP contribution in [0.1, 0.15) is 6.92 Å². The van der Waals surface area contributed by atoms with Gasteiger partial charge in [-0.2, -0.15) is 8.42 Å². The molecule has 1 amide bonds. The second kappa shape index (κ2) is 4.90. The summed E-state index contributed by atoms with van der Waals surface area (Å²) >= 11 is 0. The van der Waals surface area contributed by atoms with Crippen LogP contribution in [0.15, 0.2) is 54.9 Å². The number of rotatable bonds is 3. The summed E-state index contributed by atoms with van der Waals surface area (Å²) in [4.78, 5) is 10.8. The molecule has 1 aliphatic rings. The minimum Gasteiger partial charge on any atom is -0.399 e. The third-order valence-corrected chi connectivity index (χ3v) is 3.26. The highest BCUT2D eigenvalue weighted by Gasteiger charge is 2.20. The average molecular weight is 295 g/mol. The first-order valence-corrected chi connectivity index (χ1v) is 6.69. The number of nitrogens with zero attached hydrogens (tertiary/aromatic N) is 4. The Morgan fingerprint density at radius 3 is 2.50 bits per heavy atom. The molecule has 0 aromatic heterocycles. The number of carbonyl (C=O) groups excluding carboxylic acids is 1. The lowest BCUT2D eigenvalue weighted by atomic mass is 10.3. The molecule has 1 heterocycles. The first-order valence-electron chi connectivity index (χ1n) is 5.25. The minimum atomic E-state index is -4.48. The van der Waals surface area contributed by atoms with E-state index in [4.69, 9.17) is 10.3 Å². The first kappa shape index (κ1) is 14.0. The van der Waals surface area contributed by atoms with Crippen molar-refractivity contribution in [2.75, 3.05) is 5.73 Å². The van der Waals surface area contributed by atoms with Gasteiger partial charge in [0, 0.05) is 5.69 Å². The molecule has 20 heavy (non-hydrogen) atoms. The van der Waals surface area contributed by atoms with Crippen LogP contribution in [-0.4, -0.2) is 18.9 Å². The molecule has 1 aliphatic heterocycles. The standard InChI is InChI=1S/C10H9N5O4S/c1-5-9(10(16)15-12-5)14-13-7-4-6(11)2-3-8(7)20(17,18)19/h2-4H,11H2,1H3,(H,17,18,19). The predicted molar refractivity (Wildman–Crippen MR) is 67.7 cm³/mol. The van der Waals surface area contributed by atoms with Gasteiger partial charge in [0.25, 0.3) is 10.1 Å². The molecular formula is C10H9N5O4S. The molecule has 0 radical (unpaired) electrons. The molecule has 104 valence electrons. The highest BCUT2D eigenvalue weighted by molar-refractivity contribution is 7.86. The predicted octanol–water partition coefficient (Wildman–Crippen LogP) is 1.82. The normalized spacial score (nSPS) is 15.6. The Bertz CT molecular complexity index is 779. The van der Waals surface area contributed by atoms with Crippen LogP contribution >= 0.6 is 0 Å². The smallest absolute Gasteiger partial charge is 0.317 e. The van der Waals surface area contributed by atoms with E-state index in [2.05, 4.69) is 20.5 Å².